The van der Waals surface area contributed by atoms with E-state index in [4.69, 9.17) is 5.73 Å². The van der Waals surface area contributed by atoms with Gasteiger partial charge >= 0.3 is 0 Å². The zero-order chi connectivity index (χ0) is 11.3. The van der Waals surface area contributed by atoms with Gasteiger partial charge in [0.15, 0.2) is 0 Å². The molecule has 0 aliphatic heterocycles. The van der Waals surface area contributed by atoms with Crippen molar-refractivity contribution < 1.29 is 4.79 Å². The molecule has 0 aliphatic rings. The summed E-state index contributed by atoms with van der Waals surface area (Å²) in [6.45, 7) is 8.40. The van der Waals surface area contributed by atoms with Gasteiger partial charge in [-0.1, -0.05) is 27.7 Å². The highest BCUT2D eigenvalue weighted by Crippen LogP contribution is 2.02. The second kappa shape index (κ2) is 17.8. The minimum atomic E-state index is -0.0880. The van der Waals surface area contributed by atoms with Crippen LogP contribution in [0.5, 0.6) is 0 Å². The first-order chi connectivity index (χ1) is 6.26. The van der Waals surface area contributed by atoms with Gasteiger partial charge in [-0.2, -0.15) is 11.8 Å². The van der Waals surface area contributed by atoms with Crippen molar-refractivity contribution in [2.24, 2.45) is 5.73 Å². The van der Waals surface area contributed by atoms with Gasteiger partial charge in [0.05, 0.1) is 5.25 Å². The van der Waals surface area contributed by atoms with E-state index >= 15 is 0 Å². The van der Waals surface area contributed by atoms with Crippen molar-refractivity contribution in [3.63, 3.8) is 0 Å². The quantitative estimate of drug-likeness (QED) is 0.738. The Kier molecular flexibility index (Phi) is 25.3. The SMILES string of the molecule is CC.CC.CNC(=O)C(CN)SC. The molecular weight excluding hydrogens is 184 g/mol. The summed E-state index contributed by atoms with van der Waals surface area (Å²) >= 11 is 1.47. The molecular formula is C9H24N2OS. The molecule has 0 aliphatic carbocycles. The molecule has 0 rings (SSSR count). The van der Waals surface area contributed by atoms with E-state index in [1.807, 2.05) is 34.0 Å². The van der Waals surface area contributed by atoms with Gasteiger partial charge in [-0.15, -0.1) is 0 Å². The van der Waals surface area contributed by atoms with Gasteiger partial charge in [-0.05, 0) is 6.26 Å². The van der Waals surface area contributed by atoms with E-state index < -0.39 is 0 Å². The van der Waals surface area contributed by atoms with Crippen LogP contribution in [0.1, 0.15) is 27.7 Å². The summed E-state index contributed by atoms with van der Waals surface area (Å²) in [5, 5.41) is 2.44. The molecule has 0 spiro atoms. The normalized spacial score (nSPS) is 9.77. The minimum absolute atomic E-state index is 0.00463. The van der Waals surface area contributed by atoms with Crippen LogP contribution >= 0.6 is 11.8 Å². The molecule has 82 valence electrons. The highest BCUT2D eigenvalue weighted by molar-refractivity contribution is 7.99. The molecule has 0 radical (unpaired) electrons. The fraction of sp³-hybridized carbons (Fsp3) is 0.889. The Morgan fingerprint density at radius 2 is 1.77 bits per heavy atom. The molecule has 0 aromatic rings. The third-order valence-corrected chi connectivity index (χ3v) is 2.01. The standard InChI is InChI=1S/C5H12N2OS.2C2H6/c1-7-5(8)4(3-6)9-2;2*1-2/h4H,3,6H2,1-2H3,(H,7,8);2*1-2H3. The van der Waals surface area contributed by atoms with Crippen molar-refractivity contribution in [2.45, 2.75) is 32.9 Å². The zero-order valence-corrected chi connectivity index (χ0v) is 10.5. The molecule has 0 bridgehead atoms. The second-order valence-corrected chi connectivity index (χ2v) is 2.61. The van der Waals surface area contributed by atoms with E-state index in [-0.39, 0.29) is 11.2 Å². The first-order valence-electron chi connectivity index (χ1n) is 4.70. The number of nitrogens with two attached hydrogens (primary N) is 1. The maximum atomic E-state index is 10.8. The second-order valence-electron chi connectivity index (χ2n) is 1.57. The van der Waals surface area contributed by atoms with Crippen LogP contribution in [0.3, 0.4) is 0 Å². The lowest BCUT2D eigenvalue weighted by Crippen LogP contribution is -2.34. The first kappa shape index (κ1) is 18.5. The molecule has 4 heteroatoms. The Morgan fingerprint density at radius 3 is 1.85 bits per heavy atom. The van der Waals surface area contributed by atoms with E-state index in [1.165, 1.54) is 11.8 Å². The van der Waals surface area contributed by atoms with E-state index in [1.54, 1.807) is 7.05 Å². The number of hydrogen-bond donors (Lipinski definition) is 2. The Bertz CT molecular complexity index is 95.6. The number of thioether (sulfide) groups is 1. The summed E-state index contributed by atoms with van der Waals surface area (Å²) in [4.78, 5) is 10.8. The van der Waals surface area contributed by atoms with Crippen LogP contribution in [0.15, 0.2) is 0 Å². The first-order valence-corrected chi connectivity index (χ1v) is 5.99. The highest BCUT2D eigenvalue weighted by Gasteiger charge is 2.11. The predicted molar refractivity (Wildman–Crippen MR) is 63.1 cm³/mol. The van der Waals surface area contributed by atoms with E-state index in [0.717, 1.165) is 0 Å². The highest BCUT2D eigenvalue weighted by atomic mass is 32.2. The molecule has 3 nitrogen and oxygen atoms in total. The van der Waals surface area contributed by atoms with Crippen LogP contribution in [-0.2, 0) is 4.79 Å². The van der Waals surface area contributed by atoms with Crippen LogP contribution in [0, 0.1) is 0 Å². The minimum Gasteiger partial charge on any atom is -0.358 e. The van der Waals surface area contributed by atoms with Crippen molar-refractivity contribution in [2.75, 3.05) is 19.8 Å². The number of amides is 1. The third-order valence-electron chi connectivity index (χ3n) is 1.04. The van der Waals surface area contributed by atoms with Gasteiger partial charge in [0.2, 0.25) is 5.91 Å². The van der Waals surface area contributed by atoms with Crippen LogP contribution in [-0.4, -0.2) is 31.0 Å². The van der Waals surface area contributed by atoms with Crippen molar-refractivity contribution in [3.8, 4) is 0 Å². The summed E-state index contributed by atoms with van der Waals surface area (Å²) in [6, 6.07) is 0. The summed E-state index contributed by atoms with van der Waals surface area (Å²) in [6.07, 6.45) is 1.87. The largest absolute Gasteiger partial charge is 0.358 e. The van der Waals surface area contributed by atoms with Crippen molar-refractivity contribution in [1.82, 2.24) is 5.32 Å². The average molecular weight is 208 g/mol. The molecule has 1 unspecified atom stereocenters. The molecule has 0 aromatic carbocycles. The Hall–Kier alpha value is -0.220. The molecule has 0 aromatic heterocycles. The summed E-state index contributed by atoms with van der Waals surface area (Å²) in [5.74, 6) is 0.00463. The summed E-state index contributed by atoms with van der Waals surface area (Å²) < 4.78 is 0. The molecule has 1 atom stereocenters. The monoisotopic (exact) mass is 208 g/mol. The Morgan fingerprint density at radius 1 is 1.38 bits per heavy atom. The van der Waals surface area contributed by atoms with E-state index in [2.05, 4.69) is 5.32 Å². The molecule has 0 fully saturated rings. The lowest BCUT2D eigenvalue weighted by atomic mass is 10.4. The fourth-order valence-electron chi connectivity index (χ4n) is 0.471. The number of carbonyl (C=O) groups excluding carboxylic acids is 1. The van der Waals surface area contributed by atoms with Crippen LogP contribution in [0.4, 0.5) is 0 Å². The van der Waals surface area contributed by atoms with Gasteiger partial charge in [0.25, 0.3) is 0 Å². The van der Waals surface area contributed by atoms with Crippen LogP contribution in [0.2, 0.25) is 0 Å². The fourth-order valence-corrected chi connectivity index (χ4v) is 0.996. The third kappa shape index (κ3) is 11.8. The number of hydrogen-bond acceptors (Lipinski definition) is 3. The topological polar surface area (TPSA) is 55.1 Å². The molecule has 1 amide bonds. The van der Waals surface area contributed by atoms with Crippen molar-refractivity contribution in [3.05, 3.63) is 0 Å². The lowest BCUT2D eigenvalue weighted by Gasteiger charge is -2.07. The molecule has 0 heterocycles. The smallest absolute Gasteiger partial charge is 0.234 e. The van der Waals surface area contributed by atoms with Crippen molar-refractivity contribution >= 4 is 17.7 Å². The maximum absolute atomic E-state index is 10.8. The lowest BCUT2D eigenvalue weighted by molar-refractivity contribution is -0.119. The van der Waals surface area contributed by atoms with Gasteiger partial charge in [-0.25, -0.2) is 0 Å². The Labute approximate surface area is 86.8 Å². The molecule has 3 N–H and O–H groups in total. The van der Waals surface area contributed by atoms with E-state index in [0.29, 0.717) is 6.54 Å². The summed E-state index contributed by atoms with van der Waals surface area (Å²) in [5.41, 5.74) is 5.28. The molecule has 0 saturated heterocycles. The predicted octanol–water partition coefficient (Wildman–Crippen LogP) is 1.48. The van der Waals surface area contributed by atoms with Gasteiger partial charge < -0.3 is 11.1 Å². The van der Waals surface area contributed by atoms with Crippen LogP contribution in [0.25, 0.3) is 0 Å². The van der Waals surface area contributed by atoms with Gasteiger partial charge in [0.1, 0.15) is 0 Å². The molecule has 13 heavy (non-hydrogen) atoms. The van der Waals surface area contributed by atoms with E-state index in [9.17, 15) is 4.79 Å². The number of rotatable bonds is 3. The molecule has 0 saturated carbocycles. The maximum Gasteiger partial charge on any atom is 0.234 e. The van der Waals surface area contributed by atoms with Gasteiger partial charge in [-0.3, -0.25) is 4.79 Å². The zero-order valence-electron chi connectivity index (χ0n) is 9.68. The Balaban J connectivity index is -0.000000218. The average Bonchev–Trinajstić information content (AvgIpc) is 2.25. The summed E-state index contributed by atoms with van der Waals surface area (Å²) in [7, 11) is 1.61. The van der Waals surface area contributed by atoms with Crippen molar-refractivity contribution in [1.29, 1.82) is 0 Å². The number of nitrogens with one attached hydrogen (secondary N) is 1. The number of carbonyl (C=O) groups is 1. The van der Waals surface area contributed by atoms with Crippen LogP contribution < -0.4 is 11.1 Å². The van der Waals surface area contributed by atoms with Gasteiger partial charge in [0, 0.05) is 13.6 Å².